The number of nitrogens with zero attached hydrogens (tertiary/aromatic N) is 5. The van der Waals surface area contributed by atoms with Crippen molar-refractivity contribution in [2.24, 2.45) is 14.1 Å². The molecule has 3 aliphatic rings. The van der Waals surface area contributed by atoms with Crippen LogP contribution >= 0.6 is 11.6 Å². The fourth-order valence-electron chi connectivity index (χ4n) is 8.66. The van der Waals surface area contributed by atoms with Gasteiger partial charge in [0.25, 0.3) is 5.56 Å². The minimum Gasteiger partial charge on any atom is -0.481 e. The van der Waals surface area contributed by atoms with Gasteiger partial charge in [-0.1, -0.05) is 41.9 Å². The number of likely N-dealkylation sites (tertiary alicyclic amines) is 1. The quantitative estimate of drug-likeness (QED) is 0.216. The van der Waals surface area contributed by atoms with Crippen LogP contribution in [0.4, 0.5) is 11.5 Å². The first-order valence-corrected chi connectivity index (χ1v) is 18.2. The number of nitrogens with one attached hydrogen (secondary N) is 2. The third-order valence-electron chi connectivity index (χ3n) is 11.3. The first-order valence-electron chi connectivity index (χ1n) is 17.8. The lowest BCUT2D eigenvalue weighted by atomic mass is 9.88. The van der Waals surface area contributed by atoms with E-state index in [0.29, 0.717) is 39.7 Å². The summed E-state index contributed by atoms with van der Waals surface area (Å²) in [4.78, 5) is 50.5. The molecule has 2 fully saturated rings. The van der Waals surface area contributed by atoms with Crippen molar-refractivity contribution in [3.63, 3.8) is 0 Å². The maximum atomic E-state index is 13.3. The highest BCUT2D eigenvalue weighted by molar-refractivity contribution is 6.36. The molecule has 0 unspecified atom stereocenters. The van der Waals surface area contributed by atoms with Gasteiger partial charge in [0, 0.05) is 67.7 Å². The molecule has 0 bridgehead atoms. The van der Waals surface area contributed by atoms with E-state index in [9.17, 15) is 14.4 Å². The largest absolute Gasteiger partial charge is 0.481 e. The number of aromatic nitrogens is 4. The summed E-state index contributed by atoms with van der Waals surface area (Å²) in [5.41, 5.74) is 7.60. The Kier molecular flexibility index (Phi) is 8.46. The van der Waals surface area contributed by atoms with Crippen LogP contribution in [0.25, 0.3) is 33.3 Å². The molecular formula is C40H42ClN7O4. The van der Waals surface area contributed by atoms with Crippen LogP contribution < -0.4 is 26.6 Å². The third-order valence-corrected chi connectivity index (χ3v) is 11.8. The first-order chi connectivity index (χ1) is 25.0. The number of carbonyl (C=O) groups excluding carboxylic acids is 1. The standard InChI is InChI=1S/C40H42ClN7O4/c1-22-19-31-34(38(50)47(4)39(51)46(31)3)36(42-22)43-28-12-7-9-25(23(28)2)26-10-6-11-27(35(26)41)29-20-24-14-15-30(33(24)37(44-29)52-5)48-18-17-40(21-48)16-8-13-32(49)45-40/h6-7,9-12,19-20,30H,8,13-18,21H2,1-5H3,(H,42,43)(H,45,49)/t30-,40-/m0/s1. The Morgan fingerprint density at radius 1 is 0.962 bits per heavy atom. The summed E-state index contributed by atoms with van der Waals surface area (Å²) in [6.07, 6.45) is 5.44. The van der Waals surface area contributed by atoms with Crippen molar-refractivity contribution in [3.8, 4) is 28.3 Å². The summed E-state index contributed by atoms with van der Waals surface area (Å²) in [5.74, 6) is 1.17. The summed E-state index contributed by atoms with van der Waals surface area (Å²) in [6, 6.07) is 16.0. The first kappa shape index (κ1) is 34.1. The molecule has 5 aromatic rings. The number of hydrogen-bond donors (Lipinski definition) is 2. The van der Waals surface area contributed by atoms with Gasteiger partial charge in [0.15, 0.2) is 0 Å². The van der Waals surface area contributed by atoms with Crippen LogP contribution in [0.3, 0.4) is 0 Å². The van der Waals surface area contributed by atoms with E-state index in [1.807, 2.05) is 50.2 Å². The fourth-order valence-corrected chi connectivity index (χ4v) is 8.98. The SMILES string of the molecule is COc1nc(-c2cccc(-c3cccc(Nc4nc(C)cc5c4c(=O)n(C)c(=O)n5C)c3C)c2Cl)cc2c1[C@@H](N1CC[C@@]3(CCCC(=O)N3)C1)CC2. The third kappa shape index (κ3) is 5.58. The van der Waals surface area contributed by atoms with Gasteiger partial charge in [-0.25, -0.2) is 14.8 Å². The van der Waals surface area contributed by atoms with Gasteiger partial charge in [-0.05, 0) is 80.8 Å². The highest BCUT2D eigenvalue weighted by Crippen LogP contribution is 2.47. The molecule has 268 valence electrons. The van der Waals surface area contributed by atoms with Crippen LogP contribution in [0.1, 0.15) is 60.5 Å². The summed E-state index contributed by atoms with van der Waals surface area (Å²) >= 11 is 7.27. The van der Waals surface area contributed by atoms with E-state index in [4.69, 9.17) is 21.3 Å². The Morgan fingerprint density at radius 2 is 1.73 bits per heavy atom. The summed E-state index contributed by atoms with van der Waals surface area (Å²) in [5, 5.41) is 7.63. The number of carbonyl (C=O) groups is 1. The number of hydrogen-bond acceptors (Lipinski definition) is 8. The predicted molar refractivity (Wildman–Crippen MR) is 204 cm³/mol. The van der Waals surface area contributed by atoms with Gasteiger partial charge < -0.3 is 15.4 Å². The summed E-state index contributed by atoms with van der Waals surface area (Å²) in [6.45, 7) is 5.62. The van der Waals surface area contributed by atoms with E-state index in [-0.39, 0.29) is 17.5 Å². The van der Waals surface area contributed by atoms with Crippen LogP contribution in [0.2, 0.25) is 5.02 Å². The molecule has 0 radical (unpaired) electrons. The highest BCUT2D eigenvalue weighted by atomic mass is 35.5. The van der Waals surface area contributed by atoms with Gasteiger partial charge >= 0.3 is 5.69 Å². The van der Waals surface area contributed by atoms with E-state index in [2.05, 4.69) is 26.6 Å². The molecule has 8 rings (SSSR count). The van der Waals surface area contributed by atoms with Gasteiger partial charge in [-0.15, -0.1) is 0 Å². The lowest BCUT2D eigenvalue weighted by molar-refractivity contribution is -0.125. The van der Waals surface area contributed by atoms with E-state index in [1.165, 1.54) is 17.2 Å². The van der Waals surface area contributed by atoms with Crippen LogP contribution in [-0.2, 0) is 25.3 Å². The van der Waals surface area contributed by atoms with Crippen molar-refractivity contribution in [2.75, 3.05) is 25.5 Å². The van der Waals surface area contributed by atoms with Crippen molar-refractivity contribution in [2.45, 2.75) is 64.0 Å². The second-order valence-corrected chi connectivity index (χ2v) is 14.9. The van der Waals surface area contributed by atoms with Crippen molar-refractivity contribution in [3.05, 3.63) is 96.8 Å². The maximum absolute atomic E-state index is 13.3. The predicted octanol–water partition coefficient (Wildman–Crippen LogP) is 6.12. The number of piperidine rings is 1. The topological polar surface area (TPSA) is 123 Å². The molecule has 2 aliphatic heterocycles. The van der Waals surface area contributed by atoms with Gasteiger partial charge in [0.05, 0.1) is 28.9 Å². The monoisotopic (exact) mass is 719 g/mol. The van der Waals surface area contributed by atoms with E-state index in [0.717, 1.165) is 89.0 Å². The Labute approximate surface area is 306 Å². The van der Waals surface area contributed by atoms with Crippen molar-refractivity contribution in [1.82, 2.24) is 29.3 Å². The number of pyridine rings is 2. The number of halogens is 1. The Balaban J connectivity index is 1.13. The van der Waals surface area contributed by atoms with Crippen molar-refractivity contribution < 1.29 is 9.53 Å². The molecule has 52 heavy (non-hydrogen) atoms. The molecule has 11 nitrogen and oxygen atoms in total. The Bertz CT molecular complexity index is 2420. The van der Waals surface area contributed by atoms with E-state index >= 15 is 0 Å². The number of methoxy groups -OCH3 is 1. The number of fused-ring (bicyclic) bond motifs is 2. The number of anilines is 2. The molecule has 2 atom stereocenters. The van der Waals surface area contributed by atoms with Crippen LogP contribution in [0.5, 0.6) is 5.88 Å². The van der Waals surface area contributed by atoms with E-state index < -0.39 is 11.2 Å². The molecule has 2 saturated heterocycles. The lowest BCUT2D eigenvalue weighted by Gasteiger charge is -2.35. The van der Waals surface area contributed by atoms with Gasteiger partial charge in [-0.2, -0.15) is 0 Å². The molecule has 2 aromatic carbocycles. The lowest BCUT2D eigenvalue weighted by Crippen LogP contribution is -2.53. The Morgan fingerprint density at radius 3 is 2.52 bits per heavy atom. The molecular weight excluding hydrogens is 678 g/mol. The maximum Gasteiger partial charge on any atom is 0.330 e. The summed E-state index contributed by atoms with van der Waals surface area (Å²) < 4.78 is 8.53. The molecule has 1 aliphatic carbocycles. The van der Waals surface area contributed by atoms with E-state index in [1.54, 1.807) is 20.2 Å². The fraction of sp³-hybridized carbons (Fsp3) is 0.375. The van der Waals surface area contributed by atoms with Gasteiger partial charge in [0.2, 0.25) is 11.8 Å². The highest BCUT2D eigenvalue weighted by Gasteiger charge is 2.45. The molecule has 12 heteroatoms. The summed E-state index contributed by atoms with van der Waals surface area (Å²) in [7, 11) is 4.80. The van der Waals surface area contributed by atoms with Crippen LogP contribution in [0, 0.1) is 13.8 Å². The molecule has 2 N–H and O–H groups in total. The minimum atomic E-state index is -0.414. The second-order valence-electron chi connectivity index (χ2n) is 14.5. The number of aryl methyl sites for hydroxylation is 3. The van der Waals surface area contributed by atoms with Crippen LogP contribution in [-0.4, -0.2) is 55.6 Å². The smallest absolute Gasteiger partial charge is 0.330 e. The zero-order chi connectivity index (χ0) is 36.5. The zero-order valence-electron chi connectivity index (χ0n) is 30.1. The number of amides is 1. The van der Waals surface area contributed by atoms with Crippen molar-refractivity contribution in [1.29, 1.82) is 0 Å². The number of ether oxygens (including phenoxy) is 1. The normalized spacial score (nSPS) is 20.0. The molecule has 1 amide bonds. The molecule has 5 heterocycles. The Hall–Kier alpha value is -5.00. The van der Waals surface area contributed by atoms with Gasteiger partial charge in [-0.3, -0.25) is 23.6 Å². The van der Waals surface area contributed by atoms with Crippen molar-refractivity contribution >= 4 is 39.9 Å². The molecule has 0 saturated carbocycles. The minimum absolute atomic E-state index is 0.126. The zero-order valence-corrected chi connectivity index (χ0v) is 30.9. The molecule has 1 spiro atoms. The second kappa shape index (κ2) is 12.9. The van der Waals surface area contributed by atoms with Crippen LogP contribution in [0.15, 0.2) is 58.1 Å². The molecule has 3 aromatic heterocycles. The number of benzene rings is 2. The average molecular weight is 720 g/mol. The average Bonchev–Trinajstić information content (AvgIpc) is 3.74. The van der Waals surface area contributed by atoms with Gasteiger partial charge in [0.1, 0.15) is 11.2 Å². The number of rotatable bonds is 6.